The van der Waals surface area contributed by atoms with Crippen LogP contribution in [0.4, 0.5) is 10.5 Å². The topological polar surface area (TPSA) is 61.8 Å². The first kappa shape index (κ1) is 16.8. The van der Waals surface area contributed by atoms with Gasteiger partial charge in [0.05, 0.1) is 25.4 Å². The van der Waals surface area contributed by atoms with Gasteiger partial charge in [-0.1, -0.05) is 19.9 Å². The van der Waals surface area contributed by atoms with Crippen LogP contribution in [-0.2, 0) is 4.74 Å². The smallest absolute Gasteiger partial charge is 0.322 e. The van der Waals surface area contributed by atoms with E-state index < -0.39 is 6.10 Å². The van der Waals surface area contributed by atoms with Crippen molar-refractivity contribution in [2.45, 2.75) is 45.8 Å². The Labute approximate surface area is 132 Å². The van der Waals surface area contributed by atoms with Crippen LogP contribution in [0.1, 0.15) is 37.8 Å². The molecule has 1 saturated heterocycles. The molecular formula is C17H26N2O3. The monoisotopic (exact) mass is 306 g/mol. The van der Waals surface area contributed by atoms with Gasteiger partial charge in [-0.3, -0.25) is 0 Å². The number of nitrogens with zero attached hydrogens (tertiary/aromatic N) is 1. The maximum atomic E-state index is 12.5. The highest BCUT2D eigenvalue weighted by Gasteiger charge is 2.33. The van der Waals surface area contributed by atoms with Crippen LogP contribution in [0.15, 0.2) is 18.2 Å². The number of ether oxygens (including phenoxy) is 1. The number of urea groups is 1. The second-order valence-electron chi connectivity index (χ2n) is 6.11. The van der Waals surface area contributed by atoms with Crippen LogP contribution in [0.5, 0.6) is 0 Å². The number of benzene rings is 1. The van der Waals surface area contributed by atoms with Gasteiger partial charge < -0.3 is 20.1 Å². The van der Waals surface area contributed by atoms with Gasteiger partial charge in [-0.05, 0) is 43.0 Å². The molecule has 5 nitrogen and oxygen atoms in total. The lowest BCUT2D eigenvalue weighted by Crippen LogP contribution is -2.48. The lowest BCUT2D eigenvalue weighted by molar-refractivity contribution is 0.1000. The van der Waals surface area contributed by atoms with Gasteiger partial charge in [-0.2, -0.15) is 0 Å². The molecule has 0 aliphatic carbocycles. The Morgan fingerprint density at radius 3 is 2.73 bits per heavy atom. The Morgan fingerprint density at radius 1 is 1.45 bits per heavy atom. The number of nitrogens with one attached hydrogen (secondary N) is 1. The maximum absolute atomic E-state index is 12.5. The van der Waals surface area contributed by atoms with Gasteiger partial charge in [-0.15, -0.1) is 0 Å². The van der Waals surface area contributed by atoms with E-state index in [1.165, 1.54) is 11.1 Å². The predicted octanol–water partition coefficient (Wildman–Crippen LogP) is 2.73. The van der Waals surface area contributed by atoms with E-state index in [1.54, 1.807) is 4.90 Å². The normalized spacial score (nSPS) is 21.2. The quantitative estimate of drug-likeness (QED) is 0.899. The number of hydrogen-bond acceptors (Lipinski definition) is 3. The standard InChI is InChI=1S/C17H26N2O3/c1-5-19(15-9-22-10-16(15)20)17(21)18-13-7-6-12(4)14(8-13)11(2)3/h6-8,11,15-16,20H,5,9-10H2,1-4H3,(H,18,21). The number of likely N-dealkylation sites (N-methyl/N-ethyl adjacent to an activating group) is 1. The number of hydrogen-bond donors (Lipinski definition) is 2. The predicted molar refractivity (Wildman–Crippen MR) is 87.3 cm³/mol. The molecule has 1 aliphatic heterocycles. The molecule has 1 aromatic rings. The van der Waals surface area contributed by atoms with Crippen LogP contribution >= 0.6 is 0 Å². The summed E-state index contributed by atoms with van der Waals surface area (Å²) < 4.78 is 5.25. The minimum absolute atomic E-state index is 0.199. The van der Waals surface area contributed by atoms with E-state index in [9.17, 15) is 9.90 Å². The van der Waals surface area contributed by atoms with Crippen LogP contribution < -0.4 is 5.32 Å². The fourth-order valence-electron chi connectivity index (χ4n) is 2.89. The third-order valence-electron chi connectivity index (χ3n) is 4.18. The second kappa shape index (κ2) is 7.11. The Balaban J connectivity index is 2.12. The zero-order valence-corrected chi connectivity index (χ0v) is 13.8. The maximum Gasteiger partial charge on any atom is 0.322 e. The highest BCUT2D eigenvalue weighted by atomic mass is 16.5. The first-order valence-electron chi connectivity index (χ1n) is 7.88. The van der Waals surface area contributed by atoms with Gasteiger partial charge in [-0.25, -0.2) is 4.79 Å². The Bertz CT molecular complexity index is 531. The zero-order chi connectivity index (χ0) is 16.3. The van der Waals surface area contributed by atoms with Gasteiger partial charge >= 0.3 is 6.03 Å². The summed E-state index contributed by atoms with van der Waals surface area (Å²) in [6.45, 7) is 9.45. The number of anilines is 1. The lowest BCUT2D eigenvalue weighted by Gasteiger charge is -2.29. The van der Waals surface area contributed by atoms with Crippen LogP contribution in [0.25, 0.3) is 0 Å². The van der Waals surface area contributed by atoms with E-state index >= 15 is 0 Å². The van der Waals surface area contributed by atoms with Gasteiger partial charge in [0.25, 0.3) is 0 Å². The molecule has 2 atom stereocenters. The van der Waals surface area contributed by atoms with Crippen molar-refractivity contribution in [3.8, 4) is 0 Å². The molecule has 2 N–H and O–H groups in total. The molecule has 0 bridgehead atoms. The van der Waals surface area contributed by atoms with E-state index in [4.69, 9.17) is 4.74 Å². The summed E-state index contributed by atoms with van der Waals surface area (Å²) in [5.41, 5.74) is 3.23. The van der Waals surface area contributed by atoms with Gasteiger partial charge in [0.2, 0.25) is 0 Å². The molecule has 2 amide bonds. The van der Waals surface area contributed by atoms with Gasteiger partial charge in [0, 0.05) is 12.2 Å². The van der Waals surface area contributed by atoms with Crippen LogP contribution in [0, 0.1) is 6.92 Å². The minimum Gasteiger partial charge on any atom is -0.388 e. The fourth-order valence-corrected chi connectivity index (χ4v) is 2.89. The van der Waals surface area contributed by atoms with Crippen LogP contribution in [0.3, 0.4) is 0 Å². The number of aliphatic hydroxyl groups excluding tert-OH is 1. The molecule has 0 saturated carbocycles. The van der Waals surface area contributed by atoms with E-state index in [2.05, 4.69) is 26.1 Å². The summed E-state index contributed by atoms with van der Waals surface area (Å²) in [4.78, 5) is 14.1. The van der Waals surface area contributed by atoms with Crippen molar-refractivity contribution in [3.05, 3.63) is 29.3 Å². The molecule has 2 unspecified atom stereocenters. The molecule has 1 fully saturated rings. The number of aliphatic hydroxyl groups is 1. The molecule has 2 rings (SSSR count). The highest BCUT2D eigenvalue weighted by Crippen LogP contribution is 2.23. The average Bonchev–Trinajstić information content (AvgIpc) is 2.88. The number of rotatable bonds is 4. The lowest BCUT2D eigenvalue weighted by atomic mass is 9.97. The van der Waals surface area contributed by atoms with Crippen molar-refractivity contribution in [1.82, 2.24) is 4.90 Å². The number of carbonyl (C=O) groups is 1. The van der Waals surface area contributed by atoms with Crippen LogP contribution in [-0.4, -0.2) is 47.9 Å². The highest BCUT2D eigenvalue weighted by molar-refractivity contribution is 5.89. The fraction of sp³-hybridized carbons (Fsp3) is 0.588. The Kier molecular flexibility index (Phi) is 5.42. The summed E-state index contributed by atoms with van der Waals surface area (Å²) in [6.07, 6.45) is -0.616. The summed E-state index contributed by atoms with van der Waals surface area (Å²) in [5, 5.41) is 12.8. The van der Waals surface area contributed by atoms with E-state index in [0.29, 0.717) is 19.1 Å². The number of amides is 2. The largest absolute Gasteiger partial charge is 0.388 e. The summed E-state index contributed by atoms with van der Waals surface area (Å²) in [5.74, 6) is 0.407. The first-order valence-corrected chi connectivity index (χ1v) is 7.88. The molecule has 1 heterocycles. The first-order chi connectivity index (χ1) is 10.4. The third kappa shape index (κ3) is 3.59. The van der Waals surface area contributed by atoms with Crippen molar-refractivity contribution in [2.24, 2.45) is 0 Å². The Hall–Kier alpha value is -1.59. The molecule has 0 aromatic heterocycles. The number of aryl methyl sites for hydroxylation is 1. The zero-order valence-electron chi connectivity index (χ0n) is 13.8. The van der Waals surface area contributed by atoms with E-state index in [1.807, 2.05) is 25.1 Å². The summed E-state index contributed by atoms with van der Waals surface area (Å²) >= 11 is 0. The molecule has 1 aliphatic rings. The van der Waals surface area contributed by atoms with Gasteiger partial charge in [0.15, 0.2) is 0 Å². The van der Waals surface area contributed by atoms with Gasteiger partial charge in [0.1, 0.15) is 0 Å². The molecule has 122 valence electrons. The summed E-state index contributed by atoms with van der Waals surface area (Å²) in [7, 11) is 0. The van der Waals surface area contributed by atoms with Crippen molar-refractivity contribution >= 4 is 11.7 Å². The minimum atomic E-state index is -0.616. The molecule has 0 radical (unpaired) electrons. The molecule has 5 heteroatoms. The van der Waals surface area contributed by atoms with E-state index in [-0.39, 0.29) is 18.7 Å². The molecule has 22 heavy (non-hydrogen) atoms. The van der Waals surface area contributed by atoms with Crippen molar-refractivity contribution in [1.29, 1.82) is 0 Å². The molecule has 0 spiro atoms. The molecule has 1 aromatic carbocycles. The SMILES string of the molecule is CCN(C(=O)Nc1ccc(C)c(C(C)C)c1)C1COCC1O. The number of carbonyl (C=O) groups excluding carboxylic acids is 1. The second-order valence-corrected chi connectivity index (χ2v) is 6.11. The average molecular weight is 306 g/mol. The molecular weight excluding hydrogens is 280 g/mol. The third-order valence-corrected chi connectivity index (χ3v) is 4.18. The van der Waals surface area contributed by atoms with Crippen LogP contribution in [0.2, 0.25) is 0 Å². The van der Waals surface area contributed by atoms with Crippen molar-refractivity contribution in [2.75, 3.05) is 25.1 Å². The Morgan fingerprint density at radius 2 is 2.18 bits per heavy atom. The van der Waals surface area contributed by atoms with E-state index in [0.717, 1.165) is 5.69 Å². The van der Waals surface area contributed by atoms with Crippen molar-refractivity contribution in [3.63, 3.8) is 0 Å². The summed E-state index contributed by atoms with van der Waals surface area (Å²) in [6, 6.07) is 5.48. The van der Waals surface area contributed by atoms with Crippen molar-refractivity contribution < 1.29 is 14.6 Å².